The molecule has 0 heterocycles. The van der Waals surface area contributed by atoms with Gasteiger partial charge in [-0.05, 0) is 58.4 Å². The SMILES string of the molecule is NC(=S)c1ccc(Oc2ccc(Cl)cc2Br)cc1. The standard InChI is InChI=1S/C13H9BrClNOS/c14-11-7-9(15)3-6-12(11)17-10-4-1-8(2-5-10)13(16)18/h1-7H,(H2,16,18). The van der Waals surface area contributed by atoms with Crippen molar-refractivity contribution in [1.82, 2.24) is 0 Å². The number of benzene rings is 2. The molecule has 0 bridgehead atoms. The second-order valence-corrected chi connectivity index (χ2v) is 5.30. The maximum absolute atomic E-state index is 5.86. The highest BCUT2D eigenvalue weighted by Gasteiger charge is 2.04. The average molecular weight is 343 g/mol. The third kappa shape index (κ3) is 3.22. The molecule has 0 atom stereocenters. The molecular weight excluding hydrogens is 334 g/mol. The first-order valence-corrected chi connectivity index (χ1v) is 6.67. The second-order valence-electron chi connectivity index (χ2n) is 3.57. The van der Waals surface area contributed by atoms with E-state index in [1.54, 1.807) is 18.2 Å². The molecule has 0 unspecified atom stereocenters. The Morgan fingerprint density at radius 2 is 1.83 bits per heavy atom. The van der Waals surface area contributed by atoms with Crippen molar-refractivity contribution < 1.29 is 4.74 Å². The molecule has 0 aliphatic heterocycles. The van der Waals surface area contributed by atoms with Crippen LogP contribution in [0.1, 0.15) is 5.56 Å². The third-order valence-electron chi connectivity index (χ3n) is 2.26. The number of hydrogen-bond acceptors (Lipinski definition) is 2. The minimum atomic E-state index is 0.370. The van der Waals surface area contributed by atoms with Gasteiger partial charge in [0, 0.05) is 10.6 Å². The molecule has 5 heteroatoms. The highest BCUT2D eigenvalue weighted by Crippen LogP contribution is 2.31. The summed E-state index contributed by atoms with van der Waals surface area (Å²) in [7, 11) is 0. The first-order valence-electron chi connectivity index (χ1n) is 5.09. The summed E-state index contributed by atoms with van der Waals surface area (Å²) in [5.74, 6) is 1.40. The van der Waals surface area contributed by atoms with Crippen LogP contribution in [0.25, 0.3) is 0 Å². The Bertz CT molecular complexity index is 586. The summed E-state index contributed by atoms with van der Waals surface area (Å²) in [4.78, 5) is 0.370. The molecule has 0 amide bonds. The summed E-state index contributed by atoms with van der Waals surface area (Å²) in [6, 6.07) is 12.6. The van der Waals surface area contributed by atoms with Crippen LogP contribution in [0.4, 0.5) is 0 Å². The van der Waals surface area contributed by atoms with Crippen molar-refractivity contribution in [3.8, 4) is 11.5 Å². The molecule has 2 nitrogen and oxygen atoms in total. The lowest BCUT2D eigenvalue weighted by molar-refractivity contribution is 0.479. The molecular formula is C13H9BrClNOS. The third-order valence-corrected chi connectivity index (χ3v) is 3.35. The number of ether oxygens (including phenoxy) is 1. The maximum Gasteiger partial charge on any atom is 0.141 e. The van der Waals surface area contributed by atoms with Crippen molar-refractivity contribution in [1.29, 1.82) is 0 Å². The number of nitrogens with two attached hydrogens (primary N) is 1. The Morgan fingerprint density at radius 1 is 1.17 bits per heavy atom. The van der Waals surface area contributed by atoms with Gasteiger partial charge in [0.2, 0.25) is 0 Å². The number of rotatable bonds is 3. The smallest absolute Gasteiger partial charge is 0.141 e. The van der Waals surface area contributed by atoms with Crippen molar-refractivity contribution in [3.63, 3.8) is 0 Å². The molecule has 2 rings (SSSR count). The van der Waals surface area contributed by atoms with Gasteiger partial charge in [0.25, 0.3) is 0 Å². The van der Waals surface area contributed by atoms with Crippen LogP contribution in [0.2, 0.25) is 5.02 Å². The Hall–Kier alpha value is -1.10. The fraction of sp³-hybridized carbons (Fsp3) is 0. The van der Waals surface area contributed by atoms with E-state index in [0.29, 0.717) is 21.5 Å². The van der Waals surface area contributed by atoms with Crippen LogP contribution in [0.15, 0.2) is 46.9 Å². The molecule has 0 radical (unpaired) electrons. The van der Waals surface area contributed by atoms with E-state index in [-0.39, 0.29) is 0 Å². The number of thiocarbonyl (C=S) groups is 1. The molecule has 0 aromatic heterocycles. The van der Waals surface area contributed by atoms with Crippen LogP contribution in [-0.4, -0.2) is 4.99 Å². The largest absolute Gasteiger partial charge is 0.456 e. The van der Waals surface area contributed by atoms with E-state index in [2.05, 4.69) is 15.9 Å². The molecule has 2 aromatic carbocycles. The predicted octanol–water partition coefficient (Wildman–Crippen LogP) is 4.53. The van der Waals surface area contributed by atoms with Gasteiger partial charge in [-0.15, -0.1) is 0 Å². The van der Waals surface area contributed by atoms with Gasteiger partial charge in [0.15, 0.2) is 0 Å². The van der Waals surface area contributed by atoms with Crippen LogP contribution in [0.3, 0.4) is 0 Å². The molecule has 92 valence electrons. The topological polar surface area (TPSA) is 35.2 Å². The summed E-state index contributed by atoms with van der Waals surface area (Å²) in [5, 5.41) is 0.651. The Labute approximate surface area is 124 Å². The van der Waals surface area contributed by atoms with Crippen molar-refractivity contribution in [2.24, 2.45) is 5.73 Å². The molecule has 0 spiro atoms. The van der Waals surface area contributed by atoms with E-state index in [1.807, 2.05) is 24.3 Å². The lowest BCUT2D eigenvalue weighted by Gasteiger charge is -2.08. The lowest BCUT2D eigenvalue weighted by atomic mass is 10.2. The van der Waals surface area contributed by atoms with E-state index >= 15 is 0 Å². The summed E-state index contributed by atoms with van der Waals surface area (Å²) in [5.41, 5.74) is 6.34. The minimum absolute atomic E-state index is 0.370. The molecule has 2 N–H and O–H groups in total. The van der Waals surface area contributed by atoms with Gasteiger partial charge in [0.1, 0.15) is 16.5 Å². The summed E-state index contributed by atoms with van der Waals surface area (Å²) in [6.07, 6.45) is 0. The molecule has 0 saturated heterocycles. The fourth-order valence-electron chi connectivity index (χ4n) is 1.37. The van der Waals surface area contributed by atoms with E-state index in [1.165, 1.54) is 0 Å². The van der Waals surface area contributed by atoms with Gasteiger partial charge in [-0.25, -0.2) is 0 Å². The zero-order valence-electron chi connectivity index (χ0n) is 9.19. The molecule has 0 aliphatic carbocycles. The second kappa shape index (κ2) is 5.69. The maximum atomic E-state index is 5.86. The van der Waals surface area contributed by atoms with E-state index in [4.69, 9.17) is 34.3 Å². The number of halogens is 2. The molecule has 0 fully saturated rings. The normalized spacial score (nSPS) is 10.1. The van der Waals surface area contributed by atoms with Crippen molar-refractivity contribution in [2.45, 2.75) is 0 Å². The first-order chi connectivity index (χ1) is 8.56. The van der Waals surface area contributed by atoms with Gasteiger partial charge in [0.05, 0.1) is 4.47 Å². The van der Waals surface area contributed by atoms with Crippen LogP contribution < -0.4 is 10.5 Å². The van der Waals surface area contributed by atoms with Crippen LogP contribution >= 0.6 is 39.7 Å². The van der Waals surface area contributed by atoms with Gasteiger partial charge < -0.3 is 10.5 Å². The van der Waals surface area contributed by atoms with E-state index < -0.39 is 0 Å². The van der Waals surface area contributed by atoms with Gasteiger partial charge in [-0.1, -0.05) is 23.8 Å². The Morgan fingerprint density at radius 3 is 2.39 bits per heavy atom. The van der Waals surface area contributed by atoms with Crippen molar-refractivity contribution in [3.05, 3.63) is 57.5 Å². The lowest BCUT2D eigenvalue weighted by Crippen LogP contribution is -2.08. The van der Waals surface area contributed by atoms with Crippen LogP contribution in [0, 0.1) is 0 Å². The molecule has 0 aliphatic rings. The van der Waals surface area contributed by atoms with Gasteiger partial charge in [-0.3, -0.25) is 0 Å². The van der Waals surface area contributed by atoms with Crippen molar-refractivity contribution in [2.75, 3.05) is 0 Å². The summed E-state index contributed by atoms with van der Waals surface area (Å²) >= 11 is 14.1. The molecule has 2 aromatic rings. The highest BCUT2D eigenvalue weighted by molar-refractivity contribution is 9.10. The molecule has 0 saturated carbocycles. The highest BCUT2D eigenvalue weighted by atomic mass is 79.9. The average Bonchev–Trinajstić information content (AvgIpc) is 2.33. The zero-order chi connectivity index (χ0) is 13.1. The van der Waals surface area contributed by atoms with Crippen LogP contribution in [-0.2, 0) is 0 Å². The first kappa shape index (κ1) is 13.3. The van der Waals surface area contributed by atoms with Crippen molar-refractivity contribution >= 4 is 44.7 Å². The minimum Gasteiger partial charge on any atom is -0.456 e. The predicted molar refractivity (Wildman–Crippen MR) is 81.6 cm³/mol. The summed E-state index contributed by atoms with van der Waals surface area (Å²) in [6.45, 7) is 0. The van der Waals surface area contributed by atoms with Gasteiger partial charge >= 0.3 is 0 Å². The molecule has 18 heavy (non-hydrogen) atoms. The quantitative estimate of drug-likeness (QED) is 0.832. The number of hydrogen-bond donors (Lipinski definition) is 1. The van der Waals surface area contributed by atoms with Gasteiger partial charge in [-0.2, -0.15) is 0 Å². The zero-order valence-corrected chi connectivity index (χ0v) is 12.3. The summed E-state index contributed by atoms with van der Waals surface area (Å²) < 4.78 is 6.51. The monoisotopic (exact) mass is 341 g/mol. The van der Waals surface area contributed by atoms with Crippen LogP contribution in [0.5, 0.6) is 11.5 Å². The van der Waals surface area contributed by atoms with E-state index in [9.17, 15) is 0 Å². The Kier molecular flexibility index (Phi) is 4.22. The van der Waals surface area contributed by atoms with E-state index in [0.717, 1.165) is 10.0 Å². The fourth-order valence-corrected chi connectivity index (χ4v) is 2.27. The Balaban J connectivity index is 2.21.